The third-order valence-corrected chi connectivity index (χ3v) is 4.49. The molecule has 0 unspecified atom stereocenters. The molecular formula is C18H21F3N6O2S. The first-order chi connectivity index (χ1) is 13.6. The molecule has 0 aliphatic rings. The molecule has 0 fully saturated rings. The molecule has 30 heavy (non-hydrogen) atoms. The van der Waals surface area contributed by atoms with E-state index in [0.717, 1.165) is 12.1 Å². The second-order valence-corrected chi connectivity index (χ2v) is 6.55. The van der Waals surface area contributed by atoms with E-state index < -0.39 is 24.1 Å². The fourth-order valence-electron chi connectivity index (χ4n) is 2.32. The van der Waals surface area contributed by atoms with Crippen LogP contribution in [0.15, 0.2) is 29.3 Å². The molecule has 1 aromatic heterocycles. The summed E-state index contributed by atoms with van der Waals surface area (Å²) in [6, 6.07) is 6.06. The van der Waals surface area contributed by atoms with Gasteiger partial charge in [0, 0.05) is 18.8 Å². The summed E-state index contributed by atoms with van der Waals surface area (Å²) in [5.74, 6) is -0.888. The molecule has 2 aromatic rings. The van der Waals surface area contributed by atoms with Gasteiger partial charge in [-0.1, -0.05) is 13.5 Å². The maximum Gasteiger partial charge on any atom is 0.573 e. The monoisotopic (exact) mass is 442 g/mol. The largest absolute Gasteiger partial charge is 0.573 e. The Morgan fingerprint density at radius 3 is 2.63 bits per heavy atom. The molecule has 162 valence electrons. The molecule has 1 atom stereocenters. The van der Waals surface area contributed by atoms with E-state index in [1.807, 2.05) is 6.07 Å². The van der Waals surface area contributed by atoms with Crippen LogP contribution in [0.25, 0.3) is 0 Å². The van der Waals surface area contributed by atoms with E-state index >= 15 is 0 Å². The highest BCUT2D eigenvalue weighted by Gasteiger charge is 2.31. The van der Waals surface area contributed by atoms with Crippen LogP contribution in [0.1, 0.15) is 19.9 Å². The van der Waals surface area contributed by atoms with Gasteiger partial charge in [0.2, 0.25) is 11.9 Å². The van der Waals surface area contributed by atoms with Gasteiger partial charge in [-0.2, -0.15) is 10.2 Å². The van der Waals surface area contributed by atoms with E-state index in [-0.39, 0.29) is 30.4 Å². The van der Waals surface area contributed by atoms with Crippen molar-refractivity contribution < 1.29 is 22.7 Å². The van der Waals surface area contributed by atoms with Crippen molar-refractivity contribution in [2.75, 3.05) is 29.3 Å². The predicted molar refractivity (Wildman–Crippen MR) is 109 cm³/mol. The number of hydrogen-bond acceptors (Lipinski definition) is 8. The number of carbonyl (C=O) groups excluding carboxylic acids is 1. The number of thioether (sulfide) groups is 1. The van der Waals surface area contributed by atoms with Crippen molar-refractivity contribution >= 4 is 35.1 Å². The molecule has 3 N–H and O–H groups in total. The Morgan fingerprint density at radius 1 is 1.40 bits per heavy atom. The lowest BCUT2D eigenvalue weighted by atomic mass is 10.2. The Labute approximate surface area is 176 Å². The summed E-state index contributed by atoms with van der Waals surface area (Å²) in [4.78, 5) is 22.1. The summed E-state index contributed by atoms with van der Waals surface area (Å²) in [5, 5.41) is 12.3. The first-order valence-corrected chi connectivity index (χ1v) is 9.29. The minimum absolute atomic E-state index is 0. The van der Waals surface area contributed by atoms with E-state index in [1.165, 1.54) is 28.8 Å². The Hall–Kier alpha value is -3.20. The Bertz CT molecular complexity index is 948. The highest BCUT2D eigenvalue weighted by atomic mass is 32.2. The van der Waals surface area contributed by atoms with Gasteiger partial charge >= 0.3 is 6.36 Å². The Kier molecular flexibility index (Phi) is 8.29. The summed E-state index contributed by atoms with van der Waals surface area (Å²) in [6.07, 6.45) is -3.12. The molecule has 0 aliphatic heterocycles. The fourth-order valence-corrected chi connectivity index (χ4v) is 2.85. The van der Waals surface area contributed by atoms with Crippen molar-refractivity contribution in [3.8, 4) is 11.8 Å². The number of rotatable bonds is 6. The van der Waals surface area contributed by atoms with Crippen molar-refractivity contribution in [2.24, 2.45) is 0 Å². The van der Waals surface area contributed by atoms with E-state index in [1.54, 1.807) is 20.2 Å². The number of ether oxygens (including phenoxy) is 1. The lowest BCUT2D eigenvalue weighted by molar-refractivity contribution is -0.274. The number of amides is 1. The highest BCUT2D eigenvalue weighted by molar-refractivity contribution is 7.98. The average Bonchev–Trinajstić information content (AvgIpc) is 2.64. The van der Waals surface area contributed by atoms with E-state index in [2.05, 4.69) is 20.0 Å². The average molecular weight is 442 g/mol. The summed E-state index contributed by atoms with van der Waals surface area (Å²) >= 11 is 1.21. The second-order valence-electron chi connectivity index (χ2n) is 5.75. The number of nitrogens with zero attached hydrogens (tertiary/aromatic N) is 4. The van der Waals surface area contributed by atoms with Crippen LogP contribution in [0.2, 0.25) is 0 Å². The maximum atomic E-state index is 12.6. The predicted octanol–water partition coefficient (Wildman–Crippen LogP) is 3.65. The van der Waals surface area contributed by atoms with Gasteiger partial charge in [-0.3, -0.25) is 4.79 Å². The van der Waals surface area contributed by atoms with Gasteiger partial charge in [0.15, 0.2) is 5.82 Å². The van der Waals surface area contributed by atoms with Crippen LogP contribution in [-0.2, 0) is 4.79 Å². The van der Waals surface area contributed by atoms with Crippen LogP contribution in [0.3, 0.4) is 0 Å². The minimum atomic E-state index is -4.84. The smallest absolute Gasteiger partial charge is 0.406 e. The summed E-state index contributed by atoms with van der Waals surface area (Å²) in [7, 11) is 1.54. The van der Waals surface area contributed by atoms with Crippen molar-refractivity contribution in [2.45, 2.75) is 31.8 Å². The molecule has 1 amide bonds. The number of nitrogen functional groups attached to an aromatic ring is 1. The van der Waals surface area contributed by atoms with E-state index in [4.69, 9.17) is 5.73 Å². The van der Waals surface area contributed by atoms with Gasteiger partial charge in [-0.15, -0.1) is 24.9 Å². The van der Waals surface area contributed by atoms with Gasteiger partial charge in [0.05, 0.1) is 0 Å². The number of alkyl halides is 3. The van der Waals surface area contributed by atoms with Crippen molar-refractivity contribution in [1.29, 1.82) is 5.26 Å². The summed E-state index contributed by atoms with van der Waals surface area (Å²) < 4.78 is 40.9. The van der Waals surface area contributed by atoms with Gasteiger partial charge < -0.3 is 20.7 Å². The van der Waals surface area contributed by atoms with Crippen molar-refractivity contribution in [3.63, 3.8) is 0 Å². The zero-order valence-corrected chi connectivity index (χ0v) is 16.4. The number of halogens is 3. The molecule has 0 saturated carbocycles. The molecule has 1 heterocycles. The zero-order chi connectivity index (χ0) is 21.8. The highest BCUT2D eigenvalue weighted by Crippen LogP contribution is 2.28. The molecular weight excluding hydrogens is 421 g/mol. The lowest BCUT2D eigenvalue weighted by Gasteiger charge is -2.26. The molecule has 0 aliphatic carbocycles. The molecule has 0 spiro atoms. The third-order valence-electron chi connectivity index (χ3n) is 3.81. The second kappa shape index (κ2) is 10.0. The maximum absolute atomic E-state index is 12.6. The number of carbonyl (C=O) groups is 1. The summed E-state index contributed by atoms with van der Waals surface area (Å²) in [5.41, 5.74) is 5.96. The van der Waals surface area contributed by atoms with E-state index in [0.29, 0.717) is 5.03 Å². The normalized spacial score (nSPS) is 11.6. The number of nitriles is 1. The van der Waals surface area contributed by atoms with Crippen LogP contribution in [-0.4, -0.2) is 41.6 Å². The van der Waals surface area contributed by atoms with Crippen LogP contribution in [0.5, 0.6) is 5.75 Å². The summed E-state index contributed by atoms with van der Waals surface area (Å²) in [6.45, 7) is 1.55. The lowest BCUT2D eigenvalue weighted by Crippen LogP contribution is -2.40. The molecule has 0 radical (unpaired) electrons. The van der Waals surface area contributed by atoms with Gasteiger partial charge in [-0.25, -0.2) is 4.98 Å². The minimum Gasteiger partial charge on any atom is -0.406 e. The molecule has 2 rings (SSSR count). The van der Waals surface area contributed by atoms with Crippen LogP contribution in [0.4, 0.5) is 30.6 Å². The van der Waals surface area contributed by atoms with Crippen LogP contribution in [0, 0.1) is 11.3 Å². The molecule has 1 aromatic carbocycles. The number of anilines is 3. The SMILES string of the molecule is C.CSc1nc(N)nc(N(C)[C@@H](C)C(=O)Nc2cccc(OC(F)(F)F)c2)c1C#N. The Balaban J connectivity index is 0.00000450. The number of nitrogens with one attached hydrogen (secondary N) is 1. The van der Waals surface area contributed by atoms with Crippen molar-refractivity contribution in [1.82, 2.24) is 9.97 Å². The Morgan fingerprint density at radius 2 is 2.07 bits per heavy atom. The molecule has 12 heteroatoms. The zero-order valence-electron chi connectivity index (χ0n) is 15.6. The number of aromatic nitrogens is 2. The number of benzene rings is 1. The van der Waals surface area contributed by atoms with Gasteiger partial charge in [0.25, 0.3) is 0 Å². The number of hydrogen-bond donors (Lipinski definition) is 2. The molecule has 8 nitrogen and oxygen atoms in total. The van der Waals surface area contributed by atoms with Crippen LogP contribution < -0.4 is 20.7 Å². The van der Waals surface area contributed by atoms with E-state index in [9.17, 15) is 23.2 Å². The number of likely N-dealkylation sites (N-methyl/N-ethyl adjacent to an activating group) is 1. The van der Waals surface area contributed by atoms with Crippen LogP contribution >= 0.6 is 11.8 Å². The molecule has 0 saturated heterocycles. The van der Waals surface area contributed by atoms with Gasteiger partial charge in [-0.05, 0) is 25.3 Å². The quantitative estimate of drug-likeness (QED) is 0.514. The first kappa shape index (κ1) is 24.8. The van der Waals surface area contributed by atoms with Gasteiger partial charge in [0.1, 0.15) is 28.4 Å². The number of nitrogens with two attached hydrogens (primary N) is 1. The first-order valence-electron chi connectivity index (χ1n) is 8.06. The third kappa shape index (κ3) is 6.15. The fraction of sp³-hybridized carbons (Fsp3) is 0.333. The van der Waals surface area contributed by atoms with Crippen molar-refractivity contribution in [3.05, 3.63) is 29.8 Å². The standard InChI is InChI=1S/C17H17F3N6O2S.CH4/c1-9(26(2)13-12(8-21)15(29-3)25-16(22)24-13)14(27)23-10-5-4-6-11(7-10)28-17(18,19)20;/h4-7,9H,1-3H3,(H,23,27)(H2,22,24,25);1H4/t9-;/m0./s1. The molecule has 0 bridgehead atoms. The topological polar surface area (TPSA) is 117 Å².